The molecule has 0 saturated heterocycles. The first-order valence-corrected chi connectivity index (χ1v) is 8.03. The third-order valence-electron chi connectivity index (χ3n) is 3.23. The minimum absolute atomic E-state index is 0.0500. The zero-order valence-electron chi connectivity index (χ0n) is 12.6. The van der Waals surface area contributed by atoms with Crippen molar-refractivity contribution in [1.29, 1.82) is 0 Å². The van der Waals surface area contributed by atoms with Crippen LogP contribution in [0.5, 0.6) is 0 Å². The number of aromatic nitrogens is 1. The molecule has 2 aromatic heterocycles. The van der Waals surface area contributed by atoms with Gasteiger partial charge in [0.15, 0.2) is 0 Å². The zero-order valence-corrected chi connectivity index (χ0v) is 13.5. The lowest BCUT2D eigenvalue weighted by Gasteiger charge is -2.11. The Morgan fingerprint density at radius 1 is 1.38 bits per heavy atom. The Bertz CT molecular complexity index is 594. The molecule has 0 aliphatic carbocycles. The molecule has 0 unspecified atom stereocenters. The van der Waals surface area contributed by atoms with E-state index in [-0.39, 0.29) is 11.8 Å². The van der Waals surface area contributed by atoms with Gasteiger partial charge in [0.05, 0.1) is 0 Å². The van der Waals surface area contributed by atoms with Crippen LogP contribution < -0.4 is 10.6 Å². The monoisotopic (exact) mass is 303 g/mol. The van der Waals surface area contributed by atoms with Gasteiger partial charge in [0.25, 0.3) is 5.91 Å². The van der Waals surface area contributed by atoms with Crippen molar-refractivity contribution in [1.82, 2.24) is 10.3 Å². The molecule has 2 N–H and O–H groups in total. The highest BCUT2D eigenvalue weighted by Crippen LogP contribution is 2.17. The number of thiophene rings is 1. The lowest BCUT2D eigenvalue weighted by Crippen LogP contribution is -2.26. The fourth-order valence-corrected chi connectivity index (χ4v) is 2.67. The first-order chi connectivity index (χ1) is 10.1. The lowest BCUT2D eigenvalue weighted by molar-refractivity contribution is 0.0954. The largest absolute Gasteiger partial charge is 0.373 e. The van der Waals surface area contributed by atoms with Crippen LogP contribution in [0.3, 0.4) is 0 Å². The van der Waals surface area contributed by atoms with E-state index in [1.165, 1.54) is 5.56 Å². The van der Waals surface area contributed by atoms with Gasteiger partial charge in [0.2, 0.25) is 0 Å². The highest BCUT2D eigenvalue weighted by molar-refractivity contribution is 7.07. The number of nitrogens with zero attached hydrogens (tertiary/aromatic N) is 1. The first-order valence-electron chi connectivity index (χ1n) is 7.09. The minimum atomic E-state index is -0.0500. The molecule has 21 heavy (non-hydrogen) atoms. The molecular formula is C16H21N3OS. The Balaban J connectivity index is 2.02. The fourth-order valence-electron chi connectivity index (χ4n) is 1.96. The summed E-state index contributed by atoms with van der Waals surface area (Å²) in [5, 5.41) is 10.1. The maximum atomic E-state index is 12.3. The first kappa shape index (κ1) is 15.5. The van der Waals surface area contributed by atoms with E-state index in [4.69, 9.17) is 0 Å². The van der Waals surface area contributed by atoms with Gasteiger partial charge in [-0.2, -0.15) is 11.3 Å². The van der Waals surface area contributed by atoms with Crippen LogP contribution in [0.15, 0.2) is 29.0 Å². The molecule has 2 heterocycles. The highest BCUT2D eigenvalue weighted by atomic mass is 32.1. The molecule has 0 radical (unpaired) electrons. The van der Waals surface area contributed by atoms with Crippen LogP contribution in [0.2, 0.25) is 0 Å². The number of hydrogen-bond donors (Lipinski definition) is 2. The van der Waals surface area contributed by atoms with E-state index < -0.39 is 0 Å². The predicted octanol–water partition coefficient (Wildman–Crippen LogP) is 3.28. The Kier molecular flexibility index (Phi) is 5.33. The molecule has 0 saturated carbocycles. The number of rotatable bonds is 6. The average molecular weight is 303 g/mol. The van der Waals surface area contributed by atoms with Gasteiger partial charge >= 0.3 is 0 Å². The smallest absolute Gasteiger partial charge is 0.251 e. The number of carbonyl (C=O) groups is 1. The van der Waals surface area contributed by atoms with Crippen molar-refractivity contribution in [3.05, 3.63) is 45.8 Å². The van der Waals surface area contributed by atoms with Crippen molar-refractivity contribution in [3.63, 3.8) is 0 Å². The summed E-state index contributed by atoms with van der Waals surface area (Å²) in [5.74, 6) is 0.964. The van der Waals surface area contributed by atoms with Gasteiger partial charge in [-0.05, 0) is 46.9 Å². The topological polar surface area (TPSA) is 54.0 Å². The van der Waals surface area contributed by atoms with Crippen molar-refractivity contribution in [2.75, 3.05) is 18.9 Å². The molecule has 0 aliphatic rings. The Hall–Kier alpha value is -1.88. The minimum Gasteiger partial charge on any atom is -0.373 e. The van der Waals surface area contributed by atoms with Gasteiger partial charge in [0.1, 0.15) is 5.82 Å². The van der Waals surface area contributed by atoms with E-state index in [1.54, 1.807) is 17.4 Å². The molecule has 0 aliphatic heterocycles. The van der Waals surface area contributed by atoms with Crippen molar-refractivity contribution in [2.24, 2.45) is 0 Å². The average Bonchev–Trinajstić information content (AvgIpc) is 2.99. The molecule has 2 aromatic rings. The molecule has 112 valence electrons. The number of anilines is 1. The summed E-state index contributed by atoms with van der Waals surface area (Å²) in [4.78, 5) is 16.7. The summed E-state index contributed by atoms with van der Waals surface area (Å²) >= 11 is 1.68. The van der Waals surface area contributed by atoms with E-state index >= 15 is 0 Å². The molecule has 0 spiro atoms. The van der Waals surface area contributed by atoms with E-state index in [0.29, 0.717) is 12.1 Å². The lowest BCUT2D eigenvalue weighted by atomic mass is 10.1. The van der Waals surface area contributed by atoms with Crippen molar-refractivity contribution >= 4 is 23.1 Å². The number of nitrogens with one attached hydrogen (secondary N) is 2. The second-order valence-electron chi connectivity index (χ2n) is 5.21. The van der Waals surface area contributed by atoms with Gasteiger partial charge in [-0.1, -0.05) is 13.8 Å². The normalized spacial score (nSPS) is 10.7. The summed E-state index contributed by atoms with van der Waals surface area (Å²) in [5.41, 5.74) is 2.84. The van der Waals surface area contributed by atoms with Crippen molar-refractivity contribution < 1.29 is 4.79 Å². The second kappa shape index (κ2) is 7.22. The van der Waals surface area contributed by atoms with Crippen molar-refractivity contribution in [3.8, 4) is 0 Å². The molecule has 4 nitrogen and oxygen atoms in total. The third-order valence-corrected chi connectivity index (χ3v) is 3.97. The number of hydrogen-bond acceptors (Lipinski definition) is 4. The zero-order chi connectivity index (χ0) is 15.2. The van der Waals surface area contributed by atoms with Crippen LogP contribution in [0.25, 0.3) is 0 Å². The summed E-state index contributed by atoms with van der Waals surface area (Å²) < 4.78 is 0. The van der Waals surface area contributed by atoms with E-state index in [9.17, 15) is 4.79 Å². The molecule has 0 atom stereocenters. The molecule has 1 amide bonds. The molecule has 0 fully saturated rings. The van der Waals surface area contributed by atoms with Crippen LogP contribution in [0.1, 0.15) is 41.4 Å². The summed E-state index contributed by atoms with van der Waals surface area (Å²) in [7, 11) is 1.81. The van der Waals surface area contributed by atoms with E-state index in [1.807, 2.05) is 18.5 Å². The number of amides is 1. The van der Waals surface area contributed by atoms with E-state index in [2.05, 4.69) is 40.9 Å². The fraction of sp³-hybridized carbons (Fsp3) is 0.375. The van der Waals surface area contributed by atoms with E-state index in [0.717, 1.165) is 17.9 Å². The Labute approximate surface area is 129 Å². The van der Waals surface area contributed by atoms with Gasteiger partial charge in [-0.15, -0.1) is 0 Å². The Morgan fingerprint density at radius 2 is 2.19 bits per heavy atom. The summed E-state index contributed by atoms with van der Waals surface area (Å²) in [6, 6.07) is 5.73. The third kappa shape index (κ3) is 4.29. The summed E-state index contributed by atoms with van der Waals surface area (Å²) in [6.45, 7) is 4.78. The molecular weight excluding hydrogens is 282 g/mol. The maximum absolute atomic E-state index is 12.3. The molecule has 0 aromatic carbocycles. The number of carbonyl (C=O) groups excluding carboxylic acids is 1. The van der Waals surface area contributed by atoms with Gasteiger partial charge < -0.3 is 10.6 Å². The molecule has 2 rings (SSSR count). The highest BCUT2D eigenvalue weighted by Gasteiger charge is 2.11. The molecule has 5 heteroatoms. The second-order valence-corrected chi connectivity index (χ2v) is 5.99. The molecule has 0 bridgehead atoms. The van der Waals surface area contributed by atoms with Crippen LogP contribution in [-0.4, -0.2) is 24.5 Å². The predicted molar refractivity (Wildman–Crippen MR) is 88.2 cm³/mol. The number of pyridine rings is 1. The van der Waals surface area contributed by atoms with Gasteiger partial charge in [-0.25, -0.2) is 4.98 Å². The summed E-state index contributed by atoms with van der Waals surface area (Å²) in [6.07, 6.45) is 0.857. The Morgan fingerprint density at radius 3 is 2.81 bits per heavy atom. The SMILES string of the molecule is CNc1cc(C(=O)NCCc2ccsc2)cc(C(C)C)n1. The van der Waals surface area contributed by atoms with Crippen LogP contribution in [0, 0.1) is 0 Å². The standard InChI is InChI=1S/C16H21N3OS/c1-11(2)14-8-13(9-15(17-3)19-14)16(20)18-6-4-12-5-7-21-10-12/h5,7-11H,4,6H2,1-3H3,(H,17,19)(H,18,20). The van der Waals surface area contributed by atoms with Gasteiger partial charge in [-0.3, -0.25) is 4.79 Å². The van der Waals surface area contributed by atoms with Crippen molar-refractivity contribution in [2.45, 2.75) is 26.2 Å². The van der Waals surface area contributed by atoms with Crippen LogP contribution >= 0.6 is 11.3 Å². The van der Waals surface area contributed by atoms with Gasteiger partial charge in [0, 0.05) is 24.8 Å². The van der Waals surface area contributed by atoms with Crippen LogP contribution in [0.4, 0.5) is 5.82 Å². The quantitative estimate of drug-likeness (QED) is 0.861. The van der Waals surface area contributed by atoms with Crippen LogP contribution in [-0.2, 0) is 6.42 Å². The maximum Gasteiger partial charge on any atom is 0.251 e.